The van der Waals surface area contributed by atoms with Crippen LogP contribution in [0.15, 0.2) is 103 Å². The number of nitrogens with zero attached hydrogens (tertiary/aromatic N) is 2. The van der Waals surface area contributed by atoms with Crippen LogP contribution in [0.3, 0.4) is 0 Å². The molecule has 7 aromatic rings. The Morgan fingerprint density at radius 1 is 0.661 bits per heavy atom. The third-order valence-electron chi connectivity index (χ3n) is 15.4. The van der Waals surface area contributed by atoms with Crippen molar-refractivity contribution in [3.8, 4) is 22.3 Å². The lowest BCUT2D eigenvalue weighted by atomic mass is 9.42. The van der Waals surface area contributed by atoms with Gasteiger partial charge in [-0.15, -0.1) is 11.3 Å². The van der Waals surface area contributed by atoms with E-state index in [9.17, 15) is 0 Å². The summed E-state index contributed by atoms with van der Waals surface area (Å²) in [6.07, 6.45) is 4.96. The van der Waals surface area contributed by atoms with E-state index < -0.39 is 0 Å². The minimum atomic E-state index is -0.156. The van der Waals surface area contributed by atoms with E-state index in [1.54, 1.807) is 5.56 Å². The smallest absolute Gasteiger partial charge is 0.333 e. The molecule has 0 spiro atoms. The second-order valence-corrected chi connectivity index (χ2v) is 20.7. The first-order valence-electron chi connectivity index (χ1n) is 20.9. The fraction of sp³-hybridized carbons (Fsp3) is 0.308. The van der Waals surface area contributed by atoms with Crippen LogP contribution < -0.4 is 20.6 Å². The van der Waals surface area contributed by atoms with Gasteiger partial charge in [-0.2, -0.15) is 0 Å². The highest BCUT2D eigenvalue weighted by Crippen LogP contribution is 2.66. The number of benzene rings is 6. The molecule has 3 aliphatic heterocycles. The summed E-state index contributed by atoms with van der Waals surface area (Å²) < 4.78 is 2.74. The summed E-state index contributed by atoms with van der Waals surface area (Å²) in [7, 11) is 0. The molecule has 276 valence electrons. The number of hydrogen-bond acceptors (Lipinski definition) is 3. The van der Waals surface area contributed by atoms with Gasteiger partial charge < -0.3 is 9.71 Å². The molecule has 0 N–H and O–H groups in total. The number of rotatable bonds is 1. The van der Waals surface area contributed by atoms with Gasteiger partial charge in [-0.25, -0.2) is 0 Å². The zero-order valence-corrected chi connectivity index (χ0v) is 34.8. The lowest BCUT2D eigenvalue weighted by Gasteiger charge is -2.54. The van der Waals surface area contributed by atoms with Gasteiger partial charge in [0.1, 0.15) is 0 Å². The van der Waals surface area contributed by atoms with E-state index in [4.69, 9.17) is 0 Å². The Morgan fingerprint density at radius 2 is 1.41 bits per heavy atom. The number of fused-ring (bicyclic) bond motifs is 15. The fourth-order valence-corrected chi connectivity index (χ4v) is 13.6. The summed E-state index contributed by atoms with van der Waals surface area (Å²) >= 11 is 1.97. The van der Waals surface area contributed by atoms with Crippen molar-refractivity contribution in [3.05, 3.63) is 131 Å². The third-order valence-corrected chi connectivity index (χ3v) is 16.6. The number of hydrogen-bond donors (Lipinski definition) is 0. The molecule has 5 aliphatic rings. The lowest BCUT2D eigenvalue weighted by Crippen LogP contribution is -2.65. The van der Waals surface area contributed by atoms with Crippen molar-refractivity contribution in [3.63, 3.8) is 0 Å². The summed E-state index contributed by atoms with van der Waals surface area (Å²) in [4.78, 5) is 5.80. The van der Waals surface area contributed by atoms with E-state index in [0.29, 0.717) is 0 Å². The monoisotopic (exact) mass is 744 g/mol. The van der Waals surface area contributed by atoms with Gasteiger partial charge in [0, 0.05) is 48.9 Å². The summed E-state index contributed by atoms with van der Waals surface area (Å²) in [5.74, 6) is 0. The standard InChI is InChI=1S/C52H49BN2S/c1-30-17-9-13-21-41(30)55-45-34(23-24-35-33-19-11-14-22-42(33)56-48(35)45)37-29-36-32-18-10-12-20-38(32)50(5,6)43(36)47-44(37)53(55)40-28-31(49(2,3)4)27-39-46(40)54(47)52(8)26-16-15-25-51(39,52)7/h9-14,17-24,27-29H,15-16,25-26H2,1-8H3. The van der Waals surface area contributed by atoms with E-state index in [0.717, 1.165) is 0 Å². The molecule has 6 aromatic carbocycles. The van der Waals surface area contributed by atoms with E-state index >= 15 is 0 Å². The molecular weight excluding hydrogens is 695 g/mol. The molecule has 1 fully saturated rings. The van der Waals surface area contributed by atoms with Gasteiger partial charge in [0.2, 0.25) is 0 Å². The van der Waals surface area contributed by atoms with E-state index in [-0.39, 0.29) is 28.6 Å². The second kappa shape index (κ2) is 10.6. The maximum absolute atomic E-state index is 2.98. The predicted octanol–water partition coefficient (Wildman–Crippen LogP) is 12.9. The molecule has 2 nitrogen and oxygen atoms in total. The Hall–Kier alpha value is -4.80. The van der Waals surface area contributed by atoms with Gasteiger partial charge in [0.15, 0.2) is 0 Å². The Labute approximate surface area is 336 Å². The lowest BCUT2D eigenvalue weighted by molar-refractivity contribution is 0.194. The van der Waals surface area contributed by atoms with Crippen LogP contribution in [0.4, 0.5) is 22.7 Å². The third kappa shape index (κ3) is 3.81. The number of thiophene rings is 1. The quantitative estimate of drug-likeness (QED) is 0.154. The van der Waals surface area contributed by atoms with Crippen LogP contribution in [0.25, 0.3) is 42.4 Å². The highest BCUT2D eigenvalue weighted by Gasteiger charge is 2.63. The van der Waals surface area contributed by atoms with E-state index in [1.807, 2.05) is 11.3 Å². The second-order valence-electron chi connectivity index (χ2n) is 19.6. The average molecular weight is 745 g/mol. The van der Waals surface area contributed by atoms with Crippen molar-refractivity contribution < 1.29 is 0 Å². The van der Waals surface area contributed by atoms with Gasteiger partial charge in [-0.3, -0.25) is 0 Å². The van der Waals surface area contributed by atoms with Gasteiger partial charge in [0.25, 0.3) is 0 Å². The van der Waals surface area contributed by atoms with Crippen LogP contribution in [-0.4, -0.2) is 12.4 Å². The van der Waals surface area contributed by atoms with Crippen LogP contribution in [0.5, 0.6) is 0 Å². The summed E-state index contributed by atoms with van der Waals surface area (Å²) in [5.41, 5.74) is 21.4. The van der Waals surface area contributed by atoms with Crippen molar-refractivity contribution >= 4 is 72.0 Å². The molecule has 2 atom stereocenters. The molecule has 1 saturated carbocycles. The van der Waals surface area contributed by atoms with Gasteiger partial charge in [-0.05, 0) is 106 Å². The molecule has 0 saturated heterocycles. The SMILES string of the molecule is Cc1ccccc1N1B2c3cc(C(C)(C)C)cc4c3N(c3c2c(cc2c3C(C)(C)c3ccccc3-2)-c2ccc3c(sc5ccccc53)c21)C1(C)CCCCC41C. The van der Waals surface area contributed by atoms with Crippen LogP contribution in [0.1, 0.15) is 102 Å². The normalized spacial score (nSPS) is 22.2. The van der Waals surface area contributed by atoms with Crippen molar-refractivity contribution in [2.24, 2.45) is 0 Å². The highest BCUT2D eigenvalue weighted by atomic mass is 32.1. The summed E-state index contributed by atoms with van der Waals surface area (Å²) in [6, 6.07) is 40.4. The fourth-order valence-electron chi connectivity index (χ4n) is 12.4. The van der Waals surface area contributed by atoms with Gasteiger partial charge in [-0.1, -0.05) is 139 Å². The molecule has 0 radical (unpaired) electrons. The van der Waals surface area contributed by atoms with Crippen LogP contribution in [0, 0.1) is 6.92 Å². The summed E-state index contributed by atoms with van der Waals surface area (Å²) in [6.45, 7) is 19.9. The highest BCUT2D eigenvalue weighted by molar-refractivity contribution is 7.26. The first-order valence-corrected chi connectivity index (χ1v) is 21.8. The Bertz CT molecular complexity index is 2910. The maximum Gasteiger partial charge on any atom is 0.333 e. The molecule has 0 amide bonds. The molecule has 2 aliphatic carbocycles. The number of anilines is 4. The van der Waals surface area contributed by atoms with Crippen molar-refractivity contribution in [2.45, 2.75) is 103 Å². The molecule has 12 rings (SSSR count). The van der Waals surface area contributed by atoms with Crippen LogP contribution in [-0.2, 0) is 16.2 Å². The van der Waals surface area contributed by atoms with Gasteiger partial charge in [0.05, 0.1) is 15.9 Å². The molecule has 56 heavy (non-hydrogen) atoms. The molecule has 2 unspecified atom stereocenters. The van der Waals surface area contributed by atoms with Crippen molar-refractivity contribution in [2.75, 3.05) is 9.71 Å². The minimum Gasteiger partial charge on any atom is -0.375 e. The number of aryl methyl sites for hydroxylation is 1. The molecule has 4 heterocycles. The average Bonchev–Trinajstić information content (AvgIpc) is 3.75. The molecule has 4 heteroatoms. The van der Waals surface area contributed by atoms with Crippen molar-refractivity contribution in [1.82, 2.24) is 0 Å². The first kappa shape index (κ1) is 33.4. The zero-order valence-electron chi connectivity index (χ0n) is 34.0. The Morgan fingerprint density at radius 3 is 2.23 bits per heavy atom. The van der Waals surface area contributed by atoms with E-state index in [1.165, 1.54) is 124 Å². The van der Waals surface area contributed by atoms with E-state index in [2.05, 4.69) is 168 Å². The first-order chi connectivity index (χ1) is 26.8. The maximum atomic E-state index is 2.98. The molecule has 1 aromatic heterocycles. The largest absolute Gasteiger partial charge is 0.375 e. The van der Waals surface area contributed by atoms with Crippen molar-refractivity contribution in [1.29, 1.82) is 0 Å². The summed E-state index contributed by atoms with van der Waals surface area (Å²) in [5, 5.41) is 2.71. The van der Waals surface area contributed by atoms with Crippen LogP contribution >= 0.6 is 11.3 Å². The Balaban J connectivity index is 1.33. The molecule has 0 bridgehead atoms. The van der Waals surface area contributed by atoms with Gasteiger partial charge >= 0.3 is 6.85 Å². The molecular formula is C52H49BN2S. The number of para-hydroxylation sites is 1. The zero-order chi connectivity index (χ0) is 38.3. The Kier molecular flexibility index (Phi) is 6.30. The topological polar surface area (TPSA) is 6.48 Å². The predicted molar refractivity (Wildman–Crippen MR) is 242 cm³/mol. The van der Waals surface area contributed by atoms with Crippen LogP contribution in [0.2, 0.25) is 0 Å². The minimum absolute atomic E-state index is 0.00384.